The summed E-state index contributed by atoms with van der Waals surface area (Å²) < 4.78 is 7.07. The van der Waals surface area contributed by atoms with Crippen LogP contribution in [0.15, 0.2) is 5.16 Å². The molecule has 5 nitrogen and oxygen atoms in total. The van der Waals surface area contributed by atoms with Crippen molar-refractivity contribution in [3.05, 3.63) is 5.82 Å². The van der Waals surface area contributed by atoms with Crippen LogP contribution in [0, 0.1) is 0 Å². The Balaban J connectivity index is 2.02. The molecule has 0 radical (unpaired) electrons. The molecule has 1 saturated carbocycles. The number of ether oxygens (including phenoxy) is 1. The second-order valence-corrected chi connectivity index (χ2v) is 5.60. The van der Waals surface area contributed by atoms with Gasteiger partial charge in [-0.25, -0.2) is 0 Å². The zero-order chi connectivity index (χ0) is 13.7. The summed E-state index contributed by atoms with van der Waals surface area (Å²) in [6, 6.07) is 0. The third-order valence-electron chi connectivity index (χ3n) is 3.41. The van der Waals surface area contributed by atoms with Crippen LogP contribution in [-0.2, 0) is 16.1 Å². The Morgan fingerprint density at radius 3 is 2.74 bits per heavy atom. The molecule has 1 heterocycles. The van der Waals surface area contributed by atoms with E-state index in [0.29, 0.717) is 18.3 Å². The minimum absolute atomic E-state index is 0.194. The molecule has 6 heteroatoms. The molecule has 1 fully saturated rings. The van der Waals surface area contributed by atoms with Crippen molar-refractivity contribution in [2.24, 2.45) is 0 Å². The average molecular weight is 283 g/mol. The van der Waals surface area contributed by atoms with Gasteiger partial charge in [-0.05, 0) is 26.7 Å². The molecule has 0 saturated heterocycles. The van der Waals surface area contributed by atoms with Gasteiger partial charge in [-0.3, -0.25) is 4.79 Å². The Bertz CT molecular complexity index is 428. The van der Waals surface area contributed by atoms with Gasteiger partial charge in [0, 0.05) is 12.5 Å². The highest BCUT2D eigenvalue weighted by atomic mass is 32.2. The number of esters is 1. The number of aromatic nitrogens is 3. The van der Waals surface area contributed by atoms with Crippen LogP contribution in [0.3, 0.4) is 0 Å². The van der Waals surface area contributed by atoms with E-state index < -0.39 is 0 Å². The number of thioether (sulfide) groups is 1. The molecule has 19 heavy (non-hydrogen) atoms. The van der Waals surface area contributed by atoms with Crippen molar-refractivity contribution in [3.8, 4) is 0 Å². The summed E-state index contributed by atoms with van der Waals surface area (Å²) in [5.74, 6) is 1.74. The van der Waals surface area contributed by atoms with Gasteiger partial charge in [0.05, 0.1) is 12.4 Å². The highest BCUT2D eigenvalue weighted by molar-refractivity contribution is 7.99. The van der Waals surface area contributed by atoms with Crippen molar-refractivity contribution in [2.45, 2.75) is 57.1 Å². The molecule has 0 unspecified atom stereocenters. The first-order valence-electron chi connectivity index (χ1n) is 6.97. The van der Waals surface area contributed by atoms with E-state index in [2.05, 4.69) is 21.7 Å². The van der Waals surface area contributed by atoms with E-state index in [1.165, 1.54) is 37.4 Å². The van der Waals surface area contributed by atoms with E-state index >= 15 is 0 Å². The second kappa shape index (κ2) is 6.93. The molecular weight excluding hydrogens is 262 g/mol. The predicted octanol–water partition coefficient (Wildman–Crippen LogP) is 2.61. The molecular formula is C13H21N3O2S. The normalized spacial score (nSPS) is 15.9. The highest BCUT2D eigenvalue weighted by Crippen LogP contribution is 2.34. The number of hydrogen-bond donors (Lipinski definition) is 0. The van der Waals surface area contributed by atoms with Crippen molar-refractivity contribution < 1.29 is 9.53 Å². The molecule has 1 aromatic heterocycles. The molecule has 0 bridgehead atoms. The smallest absolute Gasteiger partial charge is 0.316 e. The molecule has 1 aliphatic carbocycles. The summed E-state index contributed by atoms with van der Waals surface area (Å²) in [5, 5.41) is 9.40. The Morgan fingerprint density at radius 1 is 1.37 bits per heavy atom. The third-order valence-corrected chi connectivity index (χ3v) is 4.35. The summed E-state index contributed by atoms with van der Waals surface area (Å²) in [4.78, 5) is 11.4. The van der Waals surface area contributed by atoms with E-state index in [4.69, 9.17) is 4.74 Å². The van der Waals surface area contributed by atoms with Gasteiger partial charge in [0.2, 0.25) is 0 Å². The summed E-state index contributed by atoms with van der Waals surface area (Å²) >= 11 is 1.41. The fourth-order valence-corrected chi connectivity index (χ4v) is 3.32. The van der Waals surface area contributed by atoms with Gasteiger partial charge >= 0.3 is 5.97 Å². The van der Waals surface area contributed by atoms with Crippen molar-refractivity contribution in [1.29, 1.82) is 0 Å². The minimum atomic E-state index is -0.194. The molecule has 0 N–H and O–H groups in total. The molecule has 0 aliphatic heterocycles. The van der Waals surface area contributed by atoms with Gasteiger partial charge < -0.3 is 9.30 Å². The molecule has 0 aromatic carbocycles. The first kappa shape index (κ1) is 14.4. The van der Waals surface area contributed by atoms with Gasteiger partial charge in [-0.2, -0.15) is 0 Å². The maximum Gasteiger partial charge on any atom is 0.316 e. The number of hydrogen-bond acceptors (Lipinski definition) is 5. The molecule has 0 atom stereocenters. The molecule has 1 aromatic rings. The number of rotatable bonds is 6. The molecule has 0 spiro atoms. The van der Waals surface area contributed by atoms with Gasteiger partial charge in [0.25, 0.3) is 0 Å². The molecule has 106 valence electrons. The summed E-state index contributed by atoms with van der Waals surface area (Å²) in [6.07, 6.45) is 4.99. The SMILES string of the molecule is CCOC(=O)CSc1nnc(C2CCCC2)n1CC. The van der Waals surface area contributed by atoms with Crippen LogP contribution in [-0.4, -0.2) is 33.1 Å². The fraction of sp³-hybridized carbons (Fsp3) is 0.769. The van der Waals surface area contributed by atoms with Crippen LogP contribution in [0.4, 0.5) is 0 Å². The lowest BCUT2D eigenvalue weighted by Gasteiger charge is -2.11. The maximum atomic E-state index is 11.4. The highest BCUT2D eigenvalue weighted by Gasteiger charge is 2.24. The van der Waals surface area contributed by atoms with Crippen molar-refractivity contribution >= 4 is 17.7 Å². The predicted molar refractivity (Wildman–Crippen MR) is 74.3 cm³/mol. The monoisotopic (exact) mass is 283 g/mol. The van der Waals surface area contributed by atoms with Crippen molar-refractivity contribution in [3.63, 3.8) is 0 Å². The summed E-state index contributed by atoms with van der Waals surface area (Å²) in [7, 11) is 0. The van der Waals surface area contributed by atoms with E-state index in [-0.39, 0.29) is 5.97 Å². The standard InChI is InChI=1S/C13H21N3O2S/c1-3-16-12(10-7-5-6-8-10)14-15-13(16)19-9-11(17)18-4-2/h10H,3-9H2,1-2H3. The van der Waals surface area contributed by atoms with Gasteiger partial charge in [-0.1, -0.05) is 24.6 Å². The second-order valence-electron chi connectivity index (χ2n) is 4.66. The number of carbonyl (C=O) groups is 1. The largest absolute Gasteiger partial charge is 0.465 e. The summed E-state index contributed by atoms with van der Waals surface area (Å²) in [6.45, 7) is 5.18. The topological polar surface area (TPSA) is 57.0 Å². The summed E-state index contributed by atoms with van der Waals surface area (Å²) in [5.41, 5.74) is 0. The van der Waals surface area contributed by atoms with Crippen LogP contribution in [0.5, 0.6) is 0 Å². The van der Waals surface area contributed by atoms with Crippen LogP contribution in [0.1, 0.15) is 51.3 Å². The van der Waals surface area contributed by atoms with Crippen LogP contribution >= 0.6 is 11.8 Å². The molecule has 0 amide bonds. The fourth-order valence-electron chi connectivity index (χ4n) is 2.52. The van der Waals surface area contributed by atoms with Crippen LogP contribution in [0.2, 0.25) is 0 Å². The average Bonchev–Trinajstić information content (AvgIpc) is 3.05. The lowest BCUT2D eigenvalue weighted by atomic mass is 10.1. The lowest BCUT2D eigenvalue weighted by Crippen LogP contribution is -2.09. The lowest BCUT2D eigenvalue weighted by molar-refractivity contribution is -0.139. The molecule has 1 aliphatic rings. The Kier molecular flexibility index (Phi) is 5.24. The van der Waals surface area contributed by atoms with Gasteiger partial charge in [0.15, 0.2) is 5.16 Å². The zero-order valence-electron chi connectivity index (χ0n) is 11.6. The van der Waals surface area contributed by atoms with E-state index in [9.17, 15) is 4.79 Å². The van der Waals surface area contributed by atoms with E-state index in [1.54, 1.807) is 0 Å². The first-order chi connectivity index (χ1) is 9.26. The Labute approximate surface area is 118 Å². The number of carbonyl (C=O) groups excluding carboxylic acids is 1. The Hall–Kier alpha value is -1.04. The van der Waals surface area contributed by atoms with Crippen LogP contribution < -0.4 is 0 Å². The maximum absolute atomic E-state index is 11.4. The Morgan fingerprint density at radius 2 is 2.11 bits per heavy atom. The minimum Gasteiger partial charge on any atom is -0.465 e. The third kappa shape index (κ3) is 3.49. The molecule has 2 rings (SSSR count). The van der Waals surface area contributed by atoms with E-state index in [0.717, 1.165) is 17.5 Å². The quantitative estimate of drug-likeness (QED) is 0.593. The number of nitrogens with zero attached hydrogens (tertiary/aromatic N) is 3. The zero-order valence-corrected chi connectivity index (χ0v) is 12.4. The van der Waals surface area contributed by atoms with Gasteiger partial charge in [0.1, 0.15) is 5.82 Å². The van der Waals surface area contributed by atoms with Crippen LogP contribution in [0.25, 0.3) is 0 Å². The van der Waals surface area contributed by atoms with Crippen molar-refractivity contribution in [2.75, 3.05) is 12.4 Å². The van der Waals surface area contributed by atoms with Crippen molar-refractivity contribution in [1.82, 2.24) is 14.8 Å². The first-order valence-corrected chi connectivity index (χ1v) is 7.96. The van der Waals surface area contributed by atoms with E-state index in [1.807, 2.05) is 6.92 Å². The van der Waals surface area contributed by atoms with Gasteiger partial charge in [-0.15, -0.1) is 10.2 Å².